The number of hydrogen-bond acceptors (Lipinski definition) is 6. The number of carbonyl (C=O) groups excluding carboxylic acids is 2. The summed E-state index contributed by atoms with van der Waals surface area (Å²) in [5.41, 5.74) is 7.68. The van der Waals surface area contributed by atoms with Gasteiger partial charge in [0.05, 0.1) is 5.75 Å². The number of hydrogen-bond donors (Lipinski definition) is 2. The van der Waals surface area contributed by atoms with Gasteiger partial charge < -0.3 is 5.73 Å². The third-order valence-corrected chi connectivity index (χ3v) is 4.44. The van der Waals surface area contributed by atoms with E-state index in [1.807, 2.05) is 32.0 Å². The number of nitrogens with one attached hydrogen (secondary N) is 1. The third kappa shape index (κ3) is 4.54. The Bertz CT molecular complexity index is 664. The summed E-state index contributed by atoms with van der Waals surface area (Å²) in [7, 11) is 0. The number of carbonyl (C=O) groups is 2. The second-order valence-corrected chi connectivity index (χ2v) is 6.66. The average molecular weight is 322 g/mol. The predicted octanol–water partition coefficient (Wildman–Crippen LogP) is 1.98. The molecule has 110 valence electrons. The van der Waals surface area contributed by atoms with Gasteiger partial charge >= 0.3 is 0 Å². The van der Waals surface area contributed by atoms with E-state index in [4.69, 9.17) is 5.73 Å². The van der Waals surface area contributed by atoms with Crippen molar-refractivity contribution >= 4 is 40.0 Å². The van der Waals surface area contributed by atoms with Crippen LogP contribution >= 0.6 is 23.1 Å². The van der Waals surface area contributed by atoms with Crippen molar-refractivity contribution in [3.8, 4) is 0 Å². The highest BCUT2D eigenvalue weighted by molar-refractivity contribution is 8.01. The van der Waals surface area contributed by atoms with Gasteiger partial charge in [-0.2, -0.15) is 0 Å². The van der Waals surface area contributed by atoms with Crippen LogP contribution in [0, 0.1) is 13.8 Å². The van der Waals surface area contributed by atoms with Crippen LogP contribution in [0.15, 0.2) is 22.5 Å². The first-order chi connectivity index (χ1) is 9.94. The molecule has 0 spiro atoms. The quantitative estimate of drug-likeness (QED) is 0.648. The highest BCUT2D eigenvalue weighted by Crippen LogP contribution is 2.25. The molecular weight excluding hydrogens is 308 g/mol. The molecule has 21 heavy (non-hydrogen) atoms. The summed E-state index contributed by atoms with van der Waals surface area (Å²) in [5, 5.41) is 10.8. The minimum absolute atomic E-state index is 0.139. The van der Waals surface area contributed by atoms with Gasteiger partial charge in [-0.15, -0.1) is 10.2 Å². The molecule has 1 heterocycles. The number of benzene rings is 1. The van der Waals surface area contributed by atoms with Crippen molar-refractivity contribution in [2.45, 2.75) is 18.2 Å². The predicted molar refractivity (Wildman–Crippen MR) is 83.7 cm³/mol. The molecular formula is C13H14N4O2S2. The van der Waals surface area contributed by atoms with Gasteiger partial charge in [-0.25, -0.2) is 0 Å². The monoisotopic (exact) mass is 322 g/mol. The highest BCUT2D eigenvalue weighted by atomic mass is 32.2. The van der Waals surface area contributed by atoms with Crippen LogP contribution in [-0.4, -0.2) is 27.8 Å². The Hall–Kier alpha value is -1.93. The second kappa shape index (κ2) is 6.68. The number of nitrogens with zero attached hydrogens (tertiary/aromatic N) is 2. The smallest absolute Gasteiger partial charge is 0.257 e. The van der Waals surface area contributed by atoms with E-state index in [0.717, 1.165) is 11.1 Å². The lowest BCUT2D eigenvalue weighted by molar-refractivity contribution is -0.115. The zero-order valence-corrected chi connectivity index (χ0v) is 13.2. The van der Waals surface area contributed by atoms with Crippen LogP contribution < -0.4 is 11.1 Å². The molecule has 2 rings (SSSR count). The highest BCUT2D eigenvalue weighted by Gasteiger charge is 2.11. The fourth-order valence-electron chi connectivity index (χ4n) is 1.73. The van der Waals surface area contributed by atoms with Crippen LogP contribution in [0.2, 0.25) is 0 Å². The maximum Gasteiger partial charge on any atom is 0.257 e. The Labute approximate surface area is 130 Å². The van der Waals surface area contributed by atoms with E-state index in [9.17, 15) is 9.59 Å². The molecule has 0 aliphatic carbocycles. The van der Waals surface area contributed by atoms with E-state index in [1.165, 1.54) is 23.1 Å². The normalized spacial score (nSPS) is 10.4. The van der Waals surface area contributed by atoms with Crippen molar-refractivity contribution in [1.29, 1.82) is 0 Å². The summed E-state index contributed by atoms with van der Waals surface area (Å²) in [6.07, 6.45) is 0. The van der Waals surface area contributed by atoms with Crippen molar-refractivity contribution in [2.24, 2.45) is 5.73 Å². The van der Waals surface area contributed by atoms with Crippen LogP contribution in [-0.2, 0) is 4.79 Å². The van der Waals surface area contributed by atoms with E-state index >= 15 is 0 Å². The SMILES string of the molecule is Cc1cc(C)cc(C(=O)Nc2nnc(SCC(N)=O)s2)c1. The molecule has 0 bridgehead atoms. The van der Waals surface area contributed by atoms with Crippen LogP contribution in [0.3, 0.4) is 0 Å². The molecule has 8 heteroatoms. The number of amides is 2. The molecule has 0 aliphatic rings. The van der Waals surface area contributed by atoms with Crippen LogP contribution in [0.4, 0.5) is 5.13 Å². The lowest BCUT2D eigenvalue weighted by Gasteiger charge is -2.04. The number of primary amides is 1. The van der Waals surface area contributed by atoms with Gasteiger partial charge in [0, 0.05) is 5.56 Å². The van der Waals surface area contributed by atoms with Crippen molar-refractivity contribution in [1.82, 2.24) is 10.2 Å². The minimum Gasteiger partial charge on any atom is -0.369 e. The summed E-state index contributed by atoms with van der Waals surface area (Å²) in [6, 6.07) is 5.62. The number of aromatic nitrogens is 2. The Balaban J connectivity index is 2.04. The minimum atomic E-state index is -0.420. The van der Waals surface area contributed by atoms with Crippen LogP contribution in [0.25, 0.3) is 0 Å². The van der Waals surface area contributed by atoms with Crippen molar-refractivity contribution < 1.29 is 9.59 Å². The first-order valence-corrected chi connectivity index (χ1v) is 7.88. The number of nitrogens with two attached hydrogens (primary N) is 1. The van der Waals surface area contributed by atoms with Crippen molar-refractivity contribution in [2.75, 3.05) is 11.1 Å². The van der Waals surface area contributed by atoms with E-state index in [1.54, 1.807) is 0 Å². The van der Waals surface area contributed by atoms with E-state index in [-0.39, 0.29) is 11.7 Å². The zero-order chi connectivity index (χ0) is 15.4. The first kappa shape index (κ1) is 15.5. The third-order valence-electron chi connectivity index (χ3n) is 2.45. The van der Waals surface area contributed by atoms with Gasteiger partial charge in [0.1, 0.15) is 0 Å². The first-order valence-electron chi connectivity index (χ1n) is 6.08. The van der Waals surface area contributed by atoms with Crippen molar-refractivity contribution in [3.05, 3.63) is 34.9 Å². The molecule has 6 nitrogen and oxygen atoms in total. The topological polar surface area (TPSA) is 98.0 Å². The Kier molecular flexibility index (Phi) is 4.92. The molecule has 0 radical (unpaired) electrons. The van der Waals surface area contributed by atoms with E-state index in [0.29, 0.717) is 15.0 Å². The molecule has 0 saturated heterocycles. The van der Waals surface area contributed by atoms with Gasteiger partial charge in [-0.05, 0) is 26.0 Å². The van der Waals surface area contributed by atoms with Gasteiger partial charge in [0.15, 0.2) is 4.34 Å². The number of rotatable bonds is 5. The lowest BCUT2D eigenvalue weighted by atomic mass is 10.1. The number of anilines is 1. The van der Waals surface area contributed by atoms with Crippen LogP contribution in [0.1, 0.15) is 21.5 Å². The summed E-state index contributed by atoms with van der Waals surface area (Å²) in [5.74, 6) is -0.514. The maximum absolute atomic E-state index is 12.1. The molecule has 1 aromatic heterocycles. The molecule has 2 aromatic rings. The molecule has 0 unspecified atom stereocenters. The second-order valence-electron chi connectivity index (χ2n) is 4.46. The molecule has 0 fully saturated rings. The van der Waals surface area contributed by atoms with E-state index < -0.39 is 5.91 Å². The fourth-order valence-corrected chi connectivity index (χ4v) is 3.21. The molecule has 1 aromatic carbocycles. The number of thioether (sulfide) groups is 1. The number of aryl methyl sites for hydroxylation is 2. The maximum atomic E-state index is 12.1. The summed E-state index contributed by atoms with van der Waals surface area (Å²) in [4.78, 5) is 22.8. The zero-order valence-electron chi connectivity index (χ0n) is 11.5. The van der Waals surface area contributed by atoms with Gasteiger partial charge in [0.2, 0.25) is 11.0 Å². The Morgan fingerprint density at radius 2 is 1.90 bits per heavy atom. The van der Waals surface area contributed by atoms with Gasteiger partial charge in [-0.3, -0.25) is 14.9 Å². The average Bonchev–Trinajstić information content (AvgIpc) is 2.83. The largest absolute Gasteiger partial charge is 0.369 e. The molecule has 3 N–H and O–H groups in total. The molecule has 0 saturated carbocycles. The summed E-state index contributed by atoms with van der Waals surface area (Å²) < 4.78 is 0.588. The standard InChI is InChI=1S/C13H14N4O2S2/c1-7-3-8(2)5-9(4-7)11(19)15-12-16-17-13(21-12)20-6-10(14)18/h3-5H,6H2,1-2H3,(H2,14,18)(H,15,16,19). The molecule has 0 atom stereocenters. The van der Waals surface area contributed by atoms with Crippen molar-refractivity contribution in [3.63, 3.8) is 0 Å². The van der Waals surface area contributed by atoms with Gasteiger partial charge in [0.25, 0.3) is 5.91 Å². The molecule has 2 amide bonds. The fraction of sp³-hybridized carbons (Fsp3) is 0.231. The summed E-state index contributed by atoms with van der Waals surface area (Å²) >= 11 is 2.40. The Morgan fingerprint density at radius 3 is 2.52 bits per heavy atom. The van der Waals surface area contributed by atoms with Crippen LogP contribution in [0.5, 0.6) is 0 Å². The lowest BCUT2D eigenvalue weighted by Crippen LogP contribution is -2.12. The van der Waals surface area contributed by atoms with Gasteiger partial charge in [-0.1, -0.05) is 40.3 Å². The molecule has 0 aliphatic heterocycles. The van der Waals surface area contributed by atoms with E-state index in [2.05, 4.69) is 15.5 Å². The summed E-state index contributed by atoms with van der Waals surface area (Å²) in [6.45, 7) is 3.88. The Morgan fingerprint density at radius 1 is 1.24 bits per heavy atom.